The number of halogens is 4. The van der Waals surface area contributed by atoms with Gasteiger partial charge in [-0.15, -0.1) is 24.2 Å². The number of likely N-dealkylation sites (N-methyl/N-ethyl adjacent to an activating group) is 1. The minimum Gasteiger partial charge on any atom is -0.340 e. The van der Waals surface area contributed by atoms with Crippen molar-refractivity contribution < 1.29 is 18.0 Å². The molecule has 3 nitrogen and oxygen atoms in total. The van der Waals surface area contributed by atoms with E-state index in [2.05, 4.69) is 5.32 Å². The molecule has 0 aliphatic carbocycles. The summed E-state index contributed by atoms with van der Waals surface area (Å²) in [5.74, 6) is 1.18. The second-order valence-corrected chi connectivity index (χ2v) is 5.65. The van der Waals surface area contributed by atoms with Crippen LogP contribution >= 0.6 is 24.2 Å². The van der Waals surface area contributed by atoms with Gasteiger partial charge in [0.05, 0.1) is 11.6 Å². The largest absolute Gasteiger partial charge is 0.416 e. The minimum atomic E-state index is -4.40. The number of nitrogens with one attached hydrogen (secondary N) is 1. The van der Waals surface area contributed by atoms with Crippen LogP contribution in [-0.2, 0) is 17.5 Å². The Morgan fingerprint density at radius 2 is 2.10 bits per heavy atom. The first kappa shape index (κ1) is 18.1. The van der Waals surface area contributed by atoms with Crippen LogP contribution in [0.15, 0.2) is 24.3 Å². The number of alkyl halides is 3. The second kappa shape index (κ2) is 7.38. The van der Waals surface area contributed by atoms with E-state index >= 15 is 0 Å². The number of hydrogen-bond donors (Lipinski definition) is 1. The van der Waals surface area contributed by atoms with E-state index in [1.54, 1.807) is 17.8 Å². The summed E-state index contributed by atoms with van der Waals surface area (Å²) < 4.78 is 38.6. The molecule has 1 saturated heterocycles. The highest BCUT2D eigenvalue weighted by molar-refractivity contribution is 7.99. The number of carbonyl (C=O) groups excluding carboxylic acids is 1. The highest BCUT2D eigenvalue weighted by Gasteiger charge is 2.34. The average Bonchev–Trinajstić information content (AvgIpc) is 2.91. The number of nitrogens with zero attached hydrogens (tertiary/aromatic N) is 1. The number of thioether (sulfide) groups is 1. The fraction of sp³-hybridized carbons (Fsp3) is 0.462. The van der Waals surface area contributed by atoms with Crippen molar-refractivity contribution in [2.24, 2.45) is 0 Å². The van der Waals surface area contributed by atoms with E-state index in [-0.39, 0.29) is 36.5 Å². The van der Waals surface area contributed by atoms with Crippen molar-refractivity contribution in [3.63, 3.8) is 0 Å². The van der Waals surface area contributed by atoms with Gasteiger partial charge in [0.1, 0.15) is 0 Å². The van der Waals surface area contributed by atoms with Gasteiger partial charge in [-0.1, -0.05) is 18.2 Å². The Labute approximate surface area is 131 Å². The van der Waals surface area contributed by atoms with Crippen molar-refractivity contribution >= 4 is 30.1 Å². The number of amides is 1. The lowest BCUT2D eigenvalue weighted by atomic mass is 10.1. The molecule has 1 unspecified atom stereocenters. The van der Waals surface area contributed by atoms with E-state index < -0.39 is 11.7 Å². The molecule has 0 bridgehead atoms. The fourth-order valence-electron chi connectivity index (χ4n) is 2.09. The fourth-order valence-corrected chi connectivity index (χ4v) is 3.02. The predicted octanol–water partition coefficient (Wildman–Crippen LogP) is 2.75. The van der Waals surface area contributed by atoms with Crippen molar-refractivity contribution in [2.45, 2.75) is 18.8 Å². The predicted molar refractivity (Wildman–Crippen MR) is 79.4 cm³/mol. The van der Waals surface area contributed by atoms with Crippen LogP contribution in [0.4, 0.5) is 13.2 Å². The standard InChI is InChI=1S/C13H15F3N2OS.ClH/c1-18(12(19)11-7-20-8-17-11)6-9-4-2-3-5-10(9)13(14,15)16;/h2-5,11,17H,6-8H2,1H3;1H. The molecule has 8 heteroatoms. The van der Waals surface area contributed by atoms with Crippen LogP contribution in [0.2, 0.25) is 0 Å². The third-order valence-corrected chi connectivity index (χ3v) is 4.06. The average molecular weight is 341 g/mol. The minimum absolute atomic E-state index is 0. The van der Waals surface area contributed by atoms with Crippen molar-refractivity contribution in [1.29, 1.82) is 0 Å². The lowest BCUT2D eigenvalue weighted by Crippen LogP contribution is -2.42. The van der Waals surface area contributed by atoms with Gasteiger partial charge in [0.2, 0.25) is 5.91 Å². The Bertz CT molecular complexity index is 493. The molecule has 0 radical (unpaired) electrons. The Morgan fingerprint density at radius 1 is 1.43 bits per heavy atom. The van der Waals surface area contributed by atoms with Gasteiger partial charge in [0, 0.05) is 25.2 Å². The van der Waals surface area contributed by atoms with Crippen LogP contribution in [0, 0.1) is 0 Å². The molecule has 1 heterocycles. The quantitative estimate of drug-likeness (QED) is 0.918. The molecule has 2 rings (SSSR count). The zero-order chi connectivity index (χ0) is 14.8. The molecule has 0 aromatic heterocycles. The van der Waals surface area contributed by atoms with Crippen LogP contribution in [0.25, 0.3) is 0 Å². The van der Waals surface area contributed by atoms with Gasteiger partial charge in [-0.2, -0.15) is 13.2 Å². The Kier molecular flexibility index (Phi) is 6.37. The summed E-state index contributed by atoms with van der Waals surface area (Å²) in [6.45, 7) is -0.0443. The molecule has 0 saturated carbocycles. The number of carbonyl (C=O) groups is 1. The monoisotopic (exact) mass is 340 g/mol. The van der Waals surface area contributed by atoms with Crippen molar-refractivity contribution in [2.75, 3.05) is 18.7 Å². The molecule has 1 aliphatic rings. The molecule has 1 aromatic rings. The lowest BCUT2D eigenvalue weighted by Gasteiger charge is -2.22. The first-order valence-electron chi connectivity index (χ1n) is 6.11. The van der Waals surface area contributed by atoms with Gasteiger partial charge in [0.15, 0.2) is 0 Å². The normalized spacial score (nSPS) is 18.2. The summed E-state index contributed by atoms with van der Waals surface area (Å²) in [6, 6.07) is 5.04. The van der Waals surface area contributed by atoms with Gasteiger partial charge >= 0.3 is 6.18 Å². The summed E-state index contributed by atoms with van der Waals surface area (Å²) in [7, 11) is 1.53. The van der Waals surface area contributed by atoms with Crippen molar-refractivity contribution in [3.8, 4) is 0 Å². The van der Waals surface area contributed by atoms with Crippen molar-refractivity contribution in [1.82, 2.24) is 10.2 Å². The van der Waals surface area contributed by atoms with Crippen LogP contribution in [0.5, 0.6) is 0 Å². The van der Waals surface area contributed by atoms with E-state index in [0.29, 0.717) is 11.6 Å². The first-order valence-corrected chi connectivity index (χ1v) is 7.26. The van der Waals surface area contributed by atoms with Gasteiger partial charge in [-0.3, -0.25) is 10.1 Å². The summed E-state index contributed by atoms with van der Waals surface area (Å²) in [5, 5.41) is 3.02. The van der Waals surface area contributed by atoms with Crippen LogP contribution in [0.3, 0.4) is 0 Å². The lowest BCUT2D eigenvalue weighted by molar-refractivity contribution is -0.139. The molecule has 1 aliphatic heterocycles. The second-order valence-electron chi connectivity index (χ2n) is 4.62. The Morgan fingerprint density at radius 3 is 2.67 bits per heavy atom. The molecular weight excluding hydrogens is 325 g/mol. The molecule has 1 atom stereocenters. The summed E-state index contributed by atoms with van der Waals surface area (Å²) in [6.07, 6.45) is -4.40. The third-order valence-electron chi connectivity index (χ3n) is 3.12. The Hall–Kier alpha value is -0.920. The van der Waals surface area contributed by atoms with Crippen LogP contribution in [0.1, 0.15) is 11.1 Å². The molecule has 0 spiro atoms. The van der Waals surface area contributed by atoms with Gasteiger partial charge < -0.3 is 4.90 Å². The number of hydrogen-bond acceptors (Lipinski definition) is 3. The smallest absolute Gasteiger partial charge is 0.340 e. The molecular formula is C13H16ClF3N2OS. The zero-order valence-corrected chi connectivity index (χ0v) is 12.9. The van der Waals surface area contributed by atoms with E-state index in [9.17, 15) is 18.0 Å². The molecule has 1 amide bonds. The zero-order valence-electron chi connectivity index (χ0n) is 11.3. The molecule has 118 valence electrons. The van der Waals surface area contributed by atoms with E-state index in [4.69, 9.17) is 0 Å². The SMILES string of the molecule is CN(Cc1ccccc1C(F)(F)F)C(=O)C1CSCN1.Cl. The summed E-state index contributed by atoms with van der Waals surface area (Å²) in [4.78, 5) is 13.4. The maximum absolute atomic E-state index is 12.9. The highest BCUT2D eigenvalue weighted by Crippen LogP contribution is 2.32. The molecule has 1 N–H and O–H groups in total. The van der Waals surface area contributed by atoms with Gasteiger partial charge in [-0.05, 0) is 11.6 Å². The van der Waals surface area contributed by atoms with Crippen LogP contribution < -0.4 is 5.32 Å². The van der Waals surface area contributed by atoms with Gasteiger partial charge in [0.25, 0.3) is 0 Å². The van der Waals surface area contributed by atoms with E-state index in [1.807, 2.05) is 0 Å². The summed E-state index contributed by atoms with van der Waals surface area (Å²) >= 11 is 1.60. The maximum Gasteiger partial charge on any atom is 0.416 e. The third kappa shape index (κ3) is 4.52. The van der Waals surface area contributed by atoms with Crippen molar-refractivity contribution in [3.05, 3.63) is 35.4 Å². The topological polar surface area (TPSA) is 32.3 Å². The molecule has 1 aromatic carbocycles. The molecule has 21 heavy (non-hydrogen) atoms. The van der Waals surface area contributed by atoms with Crippen LogP contribution in [-0.4, -0.2) is 35.5 Å². The first-order chi connectivity index (χ1) is 9.39. The Balaban J connectivity index is 0.00000220. The van der Waals surface area contributed by atoms with E-state index in [1.165, 1.54) is 24.1 Å². The summed E-state index contributed by atoms with van der Waals surface area (Å²) in [5.41, 5.74) is -0.574. The highest BCUT2D eigenvalue weighted by atomic mass is 35.5. The maximum atomic E-state index is 12.9. The van der Waals surface area contributed by atoms with Gasteiger partial charge in [-0.25, -0.2) is 0 Å². The molecule has 1 fully saturated rings. The van der Waals surface area contributed by atoms with E-state index in [0.717, 1.165) is 6.07 Å². The number of benzene rings is 1. The number of rotatable bonds is 3.